The lowest BCUT2D eigenvalue weighted by Crippen LogP contribution is -2.06. The fourth-order valence-corrected chi connectivity index (χ4v) is 2.27. The quantitative estimate of drug-likeness (QED) is 0.788. The Morgan fingerprint density at radius 2 is 2.00 bits per heavy atom. The fraction of sp³-hybridized carbons (Fsp3) is 0.200. The highest BCUT2D eigenvalue weighted by molar-refractivity contribution is 9.10. The lowest BCUT2D eigenvalue weighted by Gasteiger charge is -2.05. The zero-order chi connectivity index (χ0) is 15.4. The molecule has 1 aromatic heterocycles. The Morgan fingerprint density at radius 1 is 1.24 bits per heavy atom. The van der Waals surface area contributed by atoms with Gasteiger partial charge in [0, 0.05) is 5.56 Å². The summed E-state index contributed by atoms with van der Waals surface area (Å²) >= 11 is 3.15. The Labute approximate surface area is 130 Å². The van der Waals surface area contributed by atoms with Crippen LogP contribution in [0.25, 0.3) is 0 Å². The molecule has 2 rings (SSSR count). The number of esters is 2. The Balaban J connectivity index is 2.04. The average molecular weight is 353 g/mol. The van der Waals surface area contributed by atoms with Gasteiger partial charge < -0.3 is 13.9 Å². The molecule has 0 aliphatic heterocycles. The van der Waals surface area contributed by atoms with E-state index in [1.165, 1.54) is 7.11 Å². The summed E-state index contributed by atoms with van der Waals surface area (Å²) in [6.07, 6.45) is 0. The molecule has 0 saturated heterocycles. The summed E-state index contributed by atoms with van der Waals surface area (Å²) in [7, 11) is 1.31. The van der Waals surface area contributed by atoms with Gasteiger partial charge in [0.2, 0.25) is 5.76 Å². The SMILES string of the molecule is COC(=O)c1cccc(COC(=O)c2oc(Br)cc2C)c1. The lowest BCUT2D eigenvalue weighted by atomic mass is 10.1. The highest BCUT2D eigenvalue weighted by Crippen LogP contribution is 2.20. The Kier molecular flexibility index (Phi) is 4.80. The molecule has 21 heavy (non-hydrogen) atoms. The summed E-state index contributed by atoms with van der Waals surface area (Å²) in [6, 6.07) is 8.39. The highest BCUT2D eigenvalue weighted by Gasteiger charge is 2.16. The van der Waals surface area contributed by atoms with Gasteiger partial charge >= 0.3 is 11.9 Å². The van der Waals surface area contributed by atoms with Crippen molar-refractivity contribution in [2.45, 2.75) is 13.5 Å². The van der Waals surface area contributed by atoms with Crippen LogP contribution in [0.3, 0.4) is 0 Å². The van der Waals surface area contributed by atoms with E-state index in [0.717, 1.165) is 0 Å². The molecule has 6 heteroatoms. The van der Waals surface area contributed by atoms with E-state index in [9.17, 15) is 9.59 Å². The van der Waals surface area contributed by atoms with Crippen LogP contribution in [-0.4, -0.2) is 19.0 Å². The van der Waals surface area contributed by atoms with Crippen molar-refractivity contribution in [1.82, 2.24) is 0 Å². The average Bonchev–Trinajstić information content (AvgIpc) is 2.83. The Bertz CT molecular complexity index is 674. The molecule has 1 heterocycles. The summed E-state index contributed by atoms with van der Waals surface area (Å²) in [5.74, 6) is -0.832. The minimum absolute atomic E-state index is 0.0431. The number of aryl methyl sites for hydroxylation is 1. The van der Waals surface area contributed by atoms with Crippen LogP contribution in [-0.2, 0) is 16.1 Å². The van der Waals surface area contributed by atoms with Gasteiger partial charge in [-0.25, -0.2) is 9.59 Å². The highest BCUT2D eigenvalue weighted by atomic mass is 79.9. The third-order valence-corrected chi connectivity index (χ3v) is 3.18. The first-order chi connectivity index (χ1) is 10.0. The molecule has 1 aromatic carbocycles. The van der Waals surface area contributed by atoms with Crippen LogP contribution >= 0.6 is 15.9 Å². The third kappa shape index (κ3) is 3.72. The zero-order valence-electron chi connectivity index (χ0n) is 11.5. The molecule has 5 nitrogen and oxygen atoms in total. The molecule has 110 valence electrons. The molecule has 0 bridgehead atoms. The summed E-state index contributed by atoms with van der Waals surface area (Å²) in [6.45, 7) is 1.80. The van der Waals surface area contributed by atoms with Crippen LogP contribution < -0.4 is 0 Å². The van der Waals surface area contributed by atoms with E-state index in [-0.39, 0.29) is 12.4 Å². The van der Waals surface area contributed by atoms with Crippen molar-refractivity contribution in [3.8, 4) is 0 Å². The molecule has 0 aliphatic rings. The normalized spacial score (nSPS) is 10.2. The monoisotopic (exact) mass is 352 g/mol. The molecule has 0 N–H and O–H groups in total. The van der Waals surface area contributed by atoms with Crippen molar-refractivity contribution in [1.29, 1.82) is 0 Å². The predicted octanol–water partition coefficient (Wildman–Crippen LogP) is 3.49. The first-order valence-electron chi connectivity index (χ1n) is 6.11. The van der Waals surface area contributed by atoms with Crippen molar-refractivity contribution in [2.24, 2.45) is 0 Å². The molecule has 0 aliphatic carbocycles. The number of furan rings is 1. The van der Waals surface area contributed by atoms with Crippen LogP contribution in [0.15, 0.2) is 39.4 Å². The van der Waals surface area contributed by atoms with Crippen molar-refractivity contribution >= 4 is 27.9 Å². The van der Waals surface area contributed by atoms with Gasteiger partial charge in [-0.05, 0) is 46.6 Å². The summed E-state index contributed by atoms with van der Waals surface area (Å²) < 4.78 is 15.5. The maximum absolute atomic E-state index is 11.9. The minimum atomic E-state index is -0.554. The van der Waals surface area contributed by atoms with E-state index in [1.807, 2.05) is 0 Å². The number of carbonyl (C=O) groups is 2. The van der Waals surface area contributed by atoms with Gasteiger partial charge in [-0.1, -0.05) is 12.1 Å². The van der Waals surface area contributed by atoms with E-state index >= 15 is 0 Å². The molecular formula is C15H13BrO5. The van der Waals surface area contributed by atoms with Crippen molar-refractivity contribution < 1.29 is 23.5 Å². The van der Waals surface area contributed by atoms with E-state index in [2.05, 4.69) is 20.7 Å². The number of methoxy groups -OCH3 is 1. The second kappa shape index (κ2) is 6.58. The van der Waals surface area contributed by atoms with E-state index in [4.69, 9.17) is 9.15 Å². The molecule has 2 aromatic rings. The summed E-state index contributed by atoms with van der Waals surface area (Å²) in [5, 5.41) is 0. The summed E-state index contributed by atoms with van der Waals surface area (Å²) in [5.41, 5.74) is 1.78. The van der Waals surface area contributed by atoms with Crippen LogP contribution in [0.2, 0.25) is 0 Å². The van der Waals surface area contributed by atoms with Gasteiger partial charge in [-0.3, -0.25) is 0 Å². The number of halogens is 1. The maximum atomic E-state index is 11.9. The van der Waals surface area contributed by atoms with Gasteiger partial charge in [-0.2, -0.15) is 0 Å². The Hall–Kier alpha value is -2.08. The molecule has 0 spiro atoms. The number of ether oxygens (including phenoxy) is 2. The topological polar surface area (TPSA) is 65.7 Å². The number of hydrogen-bond donors (Lipinski definition) is 0. The standard InChI is InChI=1S/C15H13BrO5/c1-9-6-12(16)21-13(9)15(18)20-8-10-4-3-5-11(7-10)14(17)19-2/h3-7H,8H2,1-2H3. The molecular weight excluding hydrogens is 340 g/mol. The molecule has 0 unspecified atom stereocenters. The van der Waals surface area contributed by atoms with Gasteiger partial charge in [-0.15, -0.1) is 0 Å². The zero-order valence-corrected chi connectivity index (χ0v) is 13.1. The van der Waals surface area contributed by atoms with E-state index in [1.54, 1.807) is 37.3 Å². The van der Waals surface area contributed by atoms with Gasteiger partial charge in [0.25, 0.3) is 0 Å². The van der Waals surface area contributed by atoms with Crippen LogP contribution in [0, 0.1) is 6.92 Å². The maximum Gasteiger partial charge on any atom is 0.374 e. The van der Waals surface area contributed by atoms with E-state index < -0.39 is 11.9 Å². The second-order valence-corrected chi connectivity index (χ2v) is 5.11. The lowest BCUT2D eigenvalue weighted by molar-refractivity contribution is 0.0433. The third-order valence-electron chi connectivity index (χ3n) is 2.79. The number of benzene rings is 1. The first kappa shape index (κ1) is 15.3. The molecule has 0 saturated carbocycles. The van der Waals surface area contributed by atoms with Crippen molar-refractivity contribution in [3.63, 3.8) is 0 Å². The smallest absolute Gasteiger partial charge is 0.374 e. The molecule has 0 amide bonds. The summed E-state index contributed by atoms with van der Waals surface area (Å²) in [4.78, 5) is 23.3. The van der Waals surface area contributed by atoms with Gasteiger partial charge in [0.05, 0.1) is 12.7 Å². The largest absolute Gasteiger partial charge is 0.465 e. The minimum Gasteiger partial charge on any atom is -0.465 e. The van der Waals surface area contributed by atoms with Gasteiger partial charge in [0.15, 0.2) is 4.67 Å². The number of carbonyl (C=O) groups excluding carboxylic acids is 2. The van der Waals surface area contributed by atoms with Crippen LogP contribution in [0.4, 0.5) is 0 Å². The van der Waals surface area contributed by atoms with Crippen molar-refractivity contribution in [3.05, 3.63) is 57.5 Å². The van der Waals surface area contributed by atoms with Gasteiger partial charge in [0.1, 0.15) is 6.61 Å². The van der Waals surface area contributed by atoms with Crippen molar-refractivity contribution in [2.75, 3.05) is 7.11 Å². The number of hydrogen-bond acceptors (Lipinski definition) is 5. The van der Waals surface area contributed by atoms with Crippen LogP contribution in [0.1, 0.15) is 32.0 Å². The molecule has 0 fully saturated rings. The van der Waals surface area contributed by atoms with Crippen LogP contribution in [0.5, 0.6) is 0 Å². The van der Waals surface area contributed by atoms with E-state index in [0.29, 0.717) is 21.4 Å². The second-order valence-electron chi connectivity index (χ2n) is 4.33. The number of rotatable bonds is 4. The predicted molar refractivity (Wildman–Crippen MR) is 78.0 cm³/mol. The molecule has 0 radical (unpaired) electrons. The first-order valence-corrected chi connectivity index (χ1v) is 6.91. The molecule has 0 atom stereocenters. The Morgan fingerprint density at radius 3 is 2.62 bits per heavy atom. The fourth-order valence-electron chi connectivity index (χ4n) is 1.77.